The molecule has 0 saturated heterocycles. The zero-order valence-corrected chi connectivity index (χ0v) is 18.4. The summed E-state index contributed by atoms with van der Waals surface area (Å²) in [5.41, 5.74) is 2.73. The molecule has 0 aliphatic rings. The van der Waals surface area contributed by atoms with Crippen molar-refractivity contribution in [3.8, 4) is 5.82 Å². The SMILES string of the molecule is CN=C(NCc1ccc(-n2ccnc2C)nc1)NCc1ccc(S(C)(=O)=O)c(C)c1. The Labute approximate surface area is 177 Å². The third-order valence-corrected chi connectivity index (χ3v) is 5.92. The van der Waals surface area contributed by atoms with E-state index in [1.165, 1.54) is 6.26 Å². The van der Waals surface area contributed by atoms with Crippen molar-refractivity contribution in [1.29, 1.82) is 0 Å². The molecule has 158 valence electrons. The predicted molar refractivity (Wildman–Crippen MR) is 117 cm³/mol. The third kappa shape index (κ3) is 5.24. The molecule has 3 rings (SSSR count). The lowest BCUT2D eigenvalue weighted by Gasteiger charge is -2.13. The highest BCUT2D eigenvalue weighted by atomic mass is 32.2. The van der Waals surface area contributed by atoms with E-state index in [9.17, 15) is 8.42 Å². The molecule has 8 nitrogen and oxygen atoms in total. The largest absolute Gasteiger partial charge is 0.352 e. The molecule has 0 unspecified atom stereocenters. The number of hydrogen-bond acceptors (Lipinski definition) is 5. The number of rotatable bonds is 6. The average Bonchev–Trinajstić information content (AvgIpc) is 3.13. The molecule has 1 aromatic carbocycles. The van der Waals surface area contributed by atoms with Crippen LogP contribution in [0.4, 0.5) is 0 Å². The van der Waals surface area contributed by atoms with Crippen LogP contribution < -0.4 is 10.6 Å². The number of guanidine groups is 1. The molecule has 30 heavy (non-hydrogen) atoms. The summed E-state index contributed by atoms with van der Waals surface area (Å²) < 4.78 is 25.4. The number of nitrogens with zero attached hydrogens (tertiary/aromatic N) is 4. The van der Waals surface area contributed by atoms with E-state index in [2.05, 4.69) is 25.6 Å². The van der Waals surface area contributed by atoms with Gasteiger partial charge in [-0.25, -0.2) is 18.4 Å². The monoisotopic (exact) mass is 426 g/mol. The van der Waals surface area contributed by atoms with Crippen LogP contribution in [0, 0.1) is 13.8 Å². The Morgan fingerprint density at radius 1 is 1.07 bits per heavy atom. The third-order valence-electron chi connectivity index (χ3n) is 4.66. The Kier molecular flexibility index (Phi) is 6.51. The van der Waals surface area contributed by atoms with Crippen molar-refractivity contribution in [2.24, 2.45) is 4.99 Å². The number of imidazole rings is 1. The lowest BCUT2D eigenvalue weighted by atomic mass is 10.1. The Balaban J connectivity index is 1.56. The first kappa shape index (κ1) is 21.5. The van der Waals surface area contributed by atoms with Gasteiger partial charge in [-0.05, 0) is 42.7 Å². The lowest BCUT2D eigenvalue weighted by Crippen LogP contribution is -2.36. The standard InChI is InChI=1S/C21H26N6O2S/c1-15-11-17(5-7-19(15)30(4,28)29)12-25-21(22-3)26-14-18-6-8-20(24-13-18)27-10-9-23-16(27)2/h5-11,13H,12,14H2,1-4H3,(H2,22,25,26). The van der Waals surface area contributed by atoms with Gasteiger partial charge in [0, 0.05) is 45.0 Å². The summed E-state index contributed by atoms with van der Waals surface area (Å²) in [6, 6.07) is 9.29. The molecule has 0 aliphatic heterocycles. The van der Waals surface area contributed by atoms with Crippen LogP contribution in [0.2, 0.25) is 0 Å². The highest BCUT2D eigenvalue weighted by molar-refractivity contribution is 7.90. The number of sulfone groups is 1. The second kappa shape index (κ2) is 9.08. The van der Waals surface area contributed by atoms with Gasteiger partial charge in [0.2, 0.25) is 0 Å². The summed E-state index contributed by atoms with van der Waals surface area (Å²) in [6.45, 7) is 4.83. The van der Waals surface area contributed by atoms with Crippen LogP contribution in [-0.4, -0.2) is 42.2 Å². The van der Waals surface area contributed by atoms with Gasteiger partial charge in [0.1, 0.15) is 11.6 Å². The molecule has 0 bridgehead atoms. The lowest BCUT2D eigenvalue weighted by molar-refractivity contribution is 0.601. The quantitative estimate of drug-likeness (QED) is 0.463. The summed E-state index contributed by atoms with van der Waals surface area (Å²) in [5.74, 6) is 2.36. The number of aliphatic imine (C=N–C) groups is 1. The van der Waals surface area contributed by atoms with E-state index in [-0.39, 0.29) is 0 Å². The van der Waals surface area contributed by atoms with E-state index in [0.29, 0.717) is 23.9 Å². The Morgan fingerprint density at radius 2 is 1.77 bits per heavy atom. The van der Waals surface area contributed by atoms with Gasteiger partial charge in [-0.1, -0.05) is 18.2 Å². The first-order valence-electron chi connectivity index (χ1n) is 9.47. The zero-order chi connectivity index (χ0) is 21.7. The van der Waals surface area contributed by atoms with Crippen molar-refractivity contribution < 1.29 is 8.42 Å². The van der Waals surface area contributed by atoms with E-state index in [4.69, 9.17) is 0 Å². The van der Waals surface area contributed by atoms with Crippen molar-refractivity contribution in [3.63, 3.8) is 0 Å². The summed E-state index contributed by atoms with van der Waals surface area (Å²) in [5, 5.41) is 6.49. The summed E-state index contributed by atoms with van der Waals surface area (Å²) in [4.78, 5) is 13.3. The Hall–Kier alpha value is -3.20. The van der Waals surface area contributed by atoms with Crippen molar-refractivity contribution in [3.05, 3.63) is 71.4 Å². The molecule has 0 aliphatic carbocycles. The minimum atomic E-state index is -3.21. The minimum absolute atomic E-state index is 0.357. The normalized spacial score (nSPS) is 12.1. The number of aryl methyl sites for hydroxylation is 2. The molecule has 0 radical (unpaired) electrons. The van der Waals surface area contributed by atoms with Crippen LogP contribution >= 0.6 is 0 Å². The molecule has 0 spiro atoms. The van der Waals surface area contributed by atoms with E-state index in [1.54, 1.807) is 26.2 Å². The number of nitrogens with one attached hydrogen (secondary N) is 2. The predicted octanol–water partition coefficient (Wildman–Crippen LogP) is 2.15. The maximum absolute atomic E-state index is 11.7. The summed E-state index contributed by atoms with van der Waals surface area (Å²) in [7, 11) is -1.51. The first-order chi connectivity index (χ1) is 14.3. The fraction of sp³-hybridized carbons (Fsp3) is 0.286. The molecule has 0 atom stereocenters. The zero-order valence-electron chi connectivity index (χ0n) is 17.5. The van der Waals surface area contributed by atoms with E-state index < -0.39 is 9.84 Å². The average molecular weight is 427 g/mol. The second-order valence-corrected chi connectivity index (χ2v) is 9.00. The van der Waals surface area contributed by atoms with Crippen LogP contribution in [0.5, 0.6) is 0 Å². The molecular formula is C21H26N6O2S. The number of hydrogen-bond donors (Lipinski definition) is 2. The summed E-state index contributed by atoms with van der Waals surface area (Å²) >= 11 is 0. The van der Waals surface area contributed by atoms with Crippen molar-refractivity contribution in [2.45, 2.75) is 31.8 Å². The van der Waals surface area contributed by atoms with Crippen LogP contribution in [-0.2, 0) is 22.9 Å². The maximum Gasteiger partial charge on any atom is 0.191 e. The van der Waals surface area contributed by atoms with E-state index >= 15 is 0 Å². The van der Waals surface area contributed by atoms with Gasteiger partial charge in [-0.15, -0.1) is 0 Å². The van der Waals surface area contributed by atoms with Gasteiger partial charge in [-0.3, -0.25) is 9.56 Å². The molecule has 0 amide bonds. The number of aromatic nitrogens is 3. The van der Waals surface area contributed by atoms with Crippen LogP contribution in [0.15, 0.2) is 58.8 Å². The first-order valence-corrected chi connectivity index (χ1v) is 11.4. The molecule has 3 aromatic rings. The van der Waals surface area contributed by atoms with Gasteiger partial charge in [-0.2, -0.15) is 0 Å². The van der Waals surface area contributed by atoms with Crippen LogP contribution in [0.25, 0.3) is 5.82 Å². The smallest absolute Gasteiger partial charge is 0.191 e. The molecule has 2 N–H and O–H groups in total. The number of benzene rings is 1. The van der Waals surface area contributed by atoms with Gasteiger partial charge in [0.25, 0.3) is 0 Å². The molecule has 2 aromatic heterocycles. The molecule has 9 heteroatoms. The topological polar surface area (TPSA) is 101 Å². The maximum atomic E-state index is 11.7. The van der Waals surface area contributed by atoms with Crippen molar-refractivity contribution in [1.82, 2.24) is 25.2 Å². The van der Waals surface area contributed by atoms with Gasteiger partial charge < -0.3 is 10.6 Å². The van der Waals surface area contributed by atoms with Crippen LogP contribution in [0.1, 0.15) is 22.5 Å². The van der Waals surface area contributed by atoms with Crippen molar-refractivity contribution >= 4 is 15.8 Å². The molecule has 0 saturated carbocycles. The molecule has 2 heterocycles. The van der Waals surface area contributed by atoms with E-state index in [0.717, 1.165) is 28.3 Å². The fourth-order valence-corrected chi connectivity index (χ4v) is 4.07. The fourth-order valence-electron chi connectivity index (χ4n) is 3.11. The Bertz CT molecular complexity index is 1150. The van der Waals surface area contributed by atoms with E-state index in [1.807, 2.05) is 48.1 Å². The van der Waals surface area contributed by atoms with Gasteiger partial charge >= 0.3 is 0 Å². The van der Waals surface area contributed by atoms with Gasteiger partial charge in [0.15, 0.2) is 15.8 Å². The van der Waals surface area contributed by atoms with Crippen LogP contribution in [0.3, 0.4) is 0 Å². The number of pyridine rings is 1. The Morgan fingerprint density at radius 3 is 2.30 bits per heavy atom. The highest BCUT2D eigenvalue weighted by Gasteiger charge is 2.11. The summed E-state index contributed by atoms with van der Waals surface area (Å²) in [6.07, 6.45) is 6.67. The van der Waals surface area contributed by atoms with Gasteiger partial charge in [0.05, 0.1) is 4.90 Å². The van der Waals surface area contributed by atoms with Crippen molar-refractivity contribution in [2.75, 3.05) is 13.3 Å². The highest BCUT2D eigenvalue weighted by Crippen LogP contribution is 2.16. The molecular weight excluding hydrogens is 400 g/mol. The second-order valence-electron chi connectivity index (χ2n) is 7.02. The molecule has 0 fully saturated rings. The minimum Gasteiger partial charge on any atom is -0.352 e.